The Morgan fingerprint density at radius 3 is 2.32 bits per heavy atom. The van der Waals surface area contributed by atoms with E-state index in [0.717, 1.165) is 5.56 Å². The number of ether oxygens (including phenoxy) is 1. The number of aryl methyl sites for hydroxylation is 1. The monoisotopic (exact) mass is 322 g/mol. The molecule has 0 aliphatic carbocycles. The van der Waals surface area contributed by atoms with E-state index in [2.05, 4.69) is 12.6 Å². The van der Waals surface area contributed by atoms with Crippen LogP contribution < -0.4 is 0 Å². The van der Waals surface area contributed by atoms with Crippen molar-refractivity contribution in [1.82, 2.24) is 0 Å². The third-order valence-corrected chi connectivity index (χ3v) is 4.13. The molecular weight excluding hydrogens is 300 g/mol. The molecule has 0 saturated heterocycles. The van der Waals surface area contributed by atoms with Crippen LogP contribution >= 0.6 is 12.6 Å². The number of ketones is 2. The Balaban J connectivity index is 3.31. The topological polar surface area (TPSA) is 60.4 Å². The number of carbonyl (C=O) groups excluding carboxylic acids is 3. The SMILES string of the molecule is CCCOC(=O)C(C(C)=O)C(C(C)=O)c1cccc(C)c1S. The molecule has 2 atom stereocenters. The van der Waals surface area contributed by atoms with Gasteiger partial charge in [0.05, 0.1) is 12.5 Å². The highest BCUT2D eigenvalue weighted by Gasteiger charge is 2.38. The largest absolute Gasteiger partial charge is 0.465 e. The molecule has 2 unspecified atom stereocenters. The van der Waals surface area contributed by atoms with Gasteiger partial charge in [-0.05, 0) is 38.3 Å². The summed E-state index contributed by atoms with van der Waals surface area (Å²) in [6.07, 6.45) is 0.656. The van der Waals surface area contributed by atoms with Crippen LogP contribution in [0.25, 0.3) is 0 Å². The Morgan fingerprint density at radius 1 is 1.18 bits per heavy atom. The van der Waals surface area contributed by atoms with Crippen LogP contribution in [0.3, 0.4) is 0 Å². The fraction of sp³-hybridized carbons (Fsp3) is 0.471. The van der Waals surface area contributed by atoms with Gasteiger partial charge in [-0.25, -0.2) is 0 Å². The van der Waals surface area contributed by atoms with Crippen molar-refractivity contribution in [1.29, 1.82) is 0 Å². The van der Waals surface area contributed by atoms with Gasteiger partial charge in [0.25, 0.3) is 0 Å². The molecule has 0 saturated carbocycles. The van der Waals surface area contributed by atoms with Gasteiger partial charge >= 0.3 is 5.97 Å². The van der Waals surface area contributed by atoms with Gasteiger partial charge in [0.2, 0.25) is 0 Å². The van der Waals surface area contributed by atoms with Gasteiger partial charge in [-0.1, -0.05) is 25.1 Å². The van der Waals surface area contributed by atoms with Crippen molar-refractivity contribution >= 4 is 30.2 Å². The first-order valence-corrected chi connectivity index (χ1v) is 7.72. The van der Waals surface area contributed by atoms with Crippen LogP contribution in [-0.4, -0.2) is 24.1 Å². The first-order chi connectivity index (χ1) is 10.3. The third kappa shape index (κ3) is 4.19. The number of rotatable bonds is 7. The van der Waals surface area contributed by atoms with Crippen LogP contribution in [-0.2, 0) is 19.1 Å². The Kier molecular flexibility index (Phi) is 6.81. The summed E-state index contributed by atoms with van der Waals surface area (Å²) in [5, 5.41) is 0. The molecule has 0 bridgehead atoms. The van der Waals surface area contributed by atoms with Crippen LogP contribution in [0.4, 0.5) is 0 Å². The molecule has 5 heteroatoms. The number of hydrogen-bond acceptors (Lipinski definition) is 5. The molecule has 0 aliphatic heterocycles. The van der Waals surface area contributed by atoms with E-state index >= 15 is 0 Å². The molecule has 0 heterocycles. The van der Waals surface area contributed by atoms with Gasteiger partial charge < -0.3 is 4.74 Å². The van der Waals surface area contributed by atoms with E-state index in [1.807, 2.05) is 19.9 Å². The number of esters is 1. The highest BCUT2D eigenvalue weighted by molar-refractivity contribution is 7.80. The average molecular weight is 322 g/mol. The highest BCUT2D eigenvalue weighted by Crippen LogP contribution is 2.33. The molecule has 0 N–H and O–H groups in total. The summed E-state index contributed by atoms with van der Waals surface area (Å²) < 4.78 is 5.10. The van der Waals surface area contributed by atoms with Gasteiger partial charge in [-0.15, -0.1) is 12.6 Å². The van der Waals surface area contributed by atoms with Crippen LogP contribution in [0.5, 0.6) is 0 Å². The zero-order valence-corrected chi connectivity index (χ0v) is 14.3. The fourth-order valence-electron chi connectivity index (χ4n) is 2.40. The summed E-state index contributed by atoms with van der Waals surface area (Å²) in [7, 11) is 0. The highest BCUT2D eigenvalue weighted by atomic mass is 32.1. The number of hydrogen-bond donors (Lipinski definition) is 1. The van der Waals surface area contributed by atoms with E-state index < -0.39 is 17.8 Å². The quantitative estimate of drug-likeness (QED) is 0.476. The van der Waals surface area contributed by atoms with Crippen LogP contribution in [0, 0.1) is 12.8 Å². The molecule has 0 aliphatic rings. The predicted octanol–water partition coefficient (Wildman–Crippen LogP) is 3.11. The molecule has 1 aromatic rings. The zero-order valence-electron chi connectivity index (χ0n) is 13.4. The van der Waals surface area contributed by atoms with E-state index in [1.165, 1.54) is 13.8 Å². The Bertz CT molecular complexity index is 580. The Labute approximate surface area is 136 Å². The average Bonchev–Trinajstić information content (AvgIpc) is 2.44. The summed E-state index contributed by atoms with van der Waals surface area (Å²) in [4.78, 5) is 37.0. The zero-order chi connectivity index (χ0) is 16.9. The first-order valence-electron chi connectivity index (χ1n) is 7.27. The molecule has 0 amide bonds. The van der Waals surface area contributed by atoms with Crippen LogP contribution in [0.2, 0.25) is 0 Å². The second-order valence-corrected chi connectivity index (χ2v) is 5.80. The van der Waals surface area contributed by atoms with Gasteiger partial charge in [-0.2, -0.15) is 0 Å². The van der Waals surface area contributed by atoms with Crippen molar-refractivity contribution in [2.24, 2.45) is 5.92 Å². The maximum Gasteiger partial charge on any atom is 0.317 e. The molecule has 0 fully saturated rings. The minimum absolute atomic E-state index is 0.231. The molecule has 1 aromatic carbocycles. The normalized spacial score (nSPS) is 13.3. The second kappa shape index (κ2) is 8.13. The minimum atomic E-state index is -1.13. The third-order valence-electron chi connectivity index (χ3n) is 3.52. The second-order valence-electron chi connectivity index (χ2n) is 5.36. The molecule has 1 rings (SSSR count). The Hall–Kier alpha value is -1.62. The van der Waals surface area contributed by atoms with Gasteiger partial charge in [0.1, 0.15) is 17.5 Å². The molecule has 4 nitrogen and oxygen atoms in total. The maximum absolute atomic E-state index is 12.2. The Morgan fingerprint density at radius 2 is 1.82 bits per heavy atom. The first kappa shape index (κ1) is 18.4. The van der Waals surface area contributed by atoms with Crippen molar-refractivity contribution in [3.63, 3.8) is 0 Å². The predicted molar refractivity (Wildman–Crippen MR) is 87.3 cm³/mol. The summed E-state index contributed by atoms with van der Waals surface area (Å²) in [5.41, 5.74) is 1.47. The van der Waals surface area contributed by atoms with Gasteiger partial charge in [0.15, 0.2) is 0 Å². The van der Waals surface area contributed by atoms with Crippen LogP contribution in [0.15, 0.2) is 23.1 Å². The van der Waals surface area contributed by atoms with Crippen molar-refractivity contribution in [3.8, 4) is 0 Å². The molecule has 0 aromatic heterocycles. The molecule has 0 spiro atoms. The van der Waals surface area contributed by atoms with Crippen molar-refractivity contribution in [3.05, 3.63) is 29.3 Å². The lowest BCUT2D eigenvalue weighted by molar-refractivity contribution is -0.154. The minimum Gasteiger partial charge on any atom is -0.465 e. The van der Waals surface area contributed by atoms with E-state index in [-0.39, 0.29) is 18.2 Å². The molecule has 120 valence electrons. The van der Waals surface area contributed by atoms with Crippen molar-refractivity contribution in [2.75, 3.05) is 6.61 Å². The van der Waals surface area contributed by atoms with Crippen LogP contribution in [0.1, 0.15) is 44.2 Å². The van der Waals surface area contributed by atoms with E-state index in [0.29, 0.717) is 16.9 Å². The molecule has 22 heavy (non-hydrogen) atoms. The lowest BCUT2D eigenvalue weighted by atomic mass is 9.80. The number of Topliss-reactive ketones (excluding diaryl/α,β-unsaturated/α-hetero) is 2. The smallest absolute Gasteiger partial charge is 0.317 e. The fourth-order valence-corrected chi connectivity index (χ4v) is 2.68. The summed E-state index contributed by atoms with van der Waals surface area (Å²) in [6, 6.07) is 5.38. The number of thiol groups is 1. The van der Waals surface area contributed by atoms with Crippen molar-refractivity contribution in [2.45, 2.75) is 44.9 Å². The maximum atomic E-state index is 12.2. The molecule has 0 radical (unpaired) electrons. The lowest BCUT2D eigenvalue weighted by Crippen LogP contribution is -2.34. The number of benzene rings is 1. The van der Waals surface area contributed by atoms with E-state index in [4.69, 9.17) is 4.74 Å². The summed E-state index contributed by atoms with van der Waals surface area (Å²) >= 11 is 4.43. The van der Waals surface area contributed by atoms with E-state index in [9.17, 15) is 14.4 Å². The van der Waals surface area contributed by atoms with Gasteiger partial charge in [0, 0.05) is 4.90 Å². The standard InChI is InChI=1S/C17H22O4S/c1-5-9-21-17(20)15(12(4)19)14(11(3)18)13-8-6-7-10(2)16(13)22/h6-8,14-15,22H,5,9H2,1-4H3. The molecular formula is C17H22O4S. The summed E-state index contributed by atoms with van der Waals surface area (Å²) in [6.45, 7) is 6.64. The van der Waals surface area contributed by atoms with E-state index in [1.54, 1.807) is 12.1 Å². The van der Waals surface area contributed by atoms with Crippen molar-refractivity contribution < 1.29 is 19.1 Å². The number of carbonyl (C=O) groups is 3. The lowest BCUT2D eigenvalue weighted by Gasteiger charge is -2.23. The van der Waals surface area contributed by atoms with Gasteiger partial charge in [-0.3, -0.25) is 14.4 Å². The summed E-state index contributed by atoms with van der Waals surface area (Å²) in [5.74, 6) is -3.28.